The first kappa shape index (κ1) is 25.0. The molecule has 0 aliphatic heterocycles. The summed E-state index contributed by atoms with van der Waals surface area (Å²) in [5.74, 6) is 0.889. The van der Waals surface area contributed by atoms with Gasteiger partial charge in [-0.2, -0.15) is 0 Å². The highest BCUT2D eigenvalue weighted by Gasteiger charge is 2.12. The minimum atomic E-state index is 0.0338. The first-order valence-electron chi connectivity index (χ1n) is 10.8. The molecule has 2 N–H and O–H groups in total. The van der Waals surface area contributed by atoms with Gasteiger partial charge in [0.2, 0.25) is 0 Å². The summed E-state index contributed by atoms with van der Waals surface area (Å²) in [6.07, 6.45) is 1.88. The smallest absolute Gasteiger partial charge is 0.253 e. The monoisotopic (exact) mass is 403 g/mol. The van der Waals surface area contributed by atoms with Crippen LogP contribution in [0, 0.1) is 0 Å². The quantitative estimate of drug-likeness (QED) is 0.339. The Kier molecular flexibility index (Phi) is 11.4. The van der Waals surface area contributed by atoms with E-state index < -0.39 is 0 Å². The number of carbonyl (C=O) groups is 1. The molecule has 0 unspecified atom stereocenters. The summed E-state index contributed by atoms with van der Waals surface area (Å²) in [5, 5.41) is 6.72. The van der Waals surface area contributed by atoms with Crippen LogP contribution in [0.1, 0.15) is 57.0 Å². The molecule has 1 amide bonds. The third kappa shape index (κ3) is 9.31. The molecule has 29 heavy (non-hydrogen) atoms. The Morgan fingerprint density at radius 2 is 1.79 bits per heavy atom. The van der Waals surface area contributed by atoms with Crippen LogP contribution < -0.4 is 10.6 Å². The van der Waals surface area contributed by atoms with Gasteiger partial charge < -0.3 is 15.5 Å². The van der Waals surface area contributed by atoms with Crippen LogP contribution in [-0.2, 0) is 6.42 Å². The average Bonchev–Trinajstić information content (AvgIpc) is 2.66. The molecule has 164 valence electrons. The van der Waals surface area contributed by atoms with Gasteiger partial charge >= 0.3 is 0 Å². The Hall–Kier alpha value is -2.08. The van der Waals surface area contributed by atoms with E-state index in [-0.39, 0.29) is 5.91 Å². The third-order valence-corrected chi connectivity index (χ3v) is 4.80. The van der Waals surface area contributed by atoms with E-state index >= 15 is 0 Å². The second-order valence-corrected chi connectivity index (χ2v) is 8.12. The second-order valence-electron chi connectivity index (χ2n) is 8.12. The second kappa shape index (κ2) is 13.2. The molecule has 0 bridgehead atoms. The van der Waals surface area contributed by atoms with Gasteiger partial charge in [0.15, 0.2) is 5.96 Å². The predicted octanol–water partition coefficient (Wildman–Crippen LogP) is 2.99. The van der Waals surface area contributed by atoms with Crippen molar-refractivity contribution in [2.45, 2.75) is 59.5 Å². The molecule has 1 aromatic rings. The maximum Gasteiger partial charge on any atom is 0.253 e. The summed E-state index contributed by atoms with van der Waals surface area (Å²) in [5.41, 5.74) is 1.87. The maximum atomic E-state index is 12.1. The molecule has 1 aromatic carbocycles. The number of aliphatic imine (C=N–C) groups is 1. The number of guanidine groups is 1. The van der Waals surface area contributed by atoms with E-state index in [9.17, 15) is 4.79 Å². The highest BCUT2D eigenvalue weighted by molar-refractivity contribution is 5.94. The van der Waals surface area contributed by atoms with Crippen molar-refractivity contribution in [1.82, 2.24) is 20.4 Å². The normalized spacial score (nSPS) is 12.0. The minimum absolute atomic E-state index is 0.0338. The first-order chi connectivity index (χ1) is 13.8. The molecule has 6 nitrogen and oxygen atoms in total. The zero-order valence-corrected chi connectivity index (χ0v) is 19.5. The molecule has 0 heterocycles. The maximum absolute atomic E-state index is 12.1. The van der Waals surface area contributed by atoms with Crippen molar-refractivity contribution in [3.05, 3.63) is 35.4 Å². The lowest BCUT2D eigenvalue weighted by molar-refractivity contribution is 0.0827. The Balaban J connectivity index is 2.53. The van der Waals surface area contributed by atoms with Crippen molar-refractivity contribution >= 4 is 11.9 Å². The molecule has 0 saturated carbocycles. The lowest BCUT2D eigenvalue weighted by atomic mass is 10.1. The molecule has 6 heteroatoms. The number of hydrogen-bond donors (Lipinski definition) is 2. The van der Waals surface area contributed by atoms with E-state index in [0.717, 1.165) is 56.1 Å². The molecular weight excluding hydrogens is 362 g/mol. The number of nitrogens with one attached hydrogen (secondary N) is 2. The molecule has 0 fully saturated rings. The minimum Gasteiger partial charge on any atom is -0.357 e. The van der Waals surface area contributed by atoms with Gasteiger partial charge in [-0.3, -0.25) is 14.7 Å². The zero-order valence-electron chi connectivity index (χ0n) is 19.5. The van der Waals surface area contributed by atoms with E-state index in [0.29, 0.717) is 12.1 Å². The van der Waals surface area contributed by atoms with Crippen LogP contribution in [0.15, 0.2) is 29.3 Å². The fraction of sp³-hybridized carbons (Fsp3) is 0.652. The van der Waals surface area contributed by atoms with E-state index in [2.05, 4.69) is 56.2 Å². The van der Waals surface area contributed by atoms with Crippen molar-refractivity contribution in [3.8, 4) is 0 Å². The van der Waals surface area contributed by atoms with Crippen molar-refractivity contribution in [3.63, 3.8) is 0 Å². The van der Waals surface area contributed by atoms with Crippen molar-refractivity contribution in [2.75, 3.05) is 40.3 Å². The molecule has 0 atom stereocenters. The van der Waals surface area contributed by atoms with Crippen LogP contribution in [0.25, 0.3) is 0 Å². The molecule has 1 rings (SSSR count). The van der Waals surface area contributed by atoms with Gasteiger partial charge in [0.25, 0.3) is 5.91 Å². The Bertz CT molecular complexity index is 632. The van der Waals surface area contributed by atoms with E-state index in [1.807, 2.05) is 18.2 Å². The number of hydrogen-bond acceptors (Lipinski definition) is 3. The number of carbonyl (C=O) groups excluding carboxylic acids is 1. The van der Waals surface area contributed by atoms with E-state index in [4.69, 9.17) is 4.99 Å². The molecular formula is C23H41N5O. The van der Waals surface area contributed by atoms with Gasteiger partial charge in [0.1, 0.15) is 0 Å². The topological polar surface area (TPSA) is 60.0 Å². The molecule has 0 spiro atoms. The number of benzene rings is 1. The van der Waals surface area contributed by atoms with Gasteiger partial charge in [0, 0.05) is 57.9 Å². The first-order valence-corrected chi connectivity index (χ1v) is 10.8. The molecule has 0 aliphatic carbocycles. The fourth-order valence-electron chi connectivity index (χ4n) is 3.34. The van der Waals surface area contributed by atoms with Crippen LogP contribution >= 0.6 is 0 Å². The Morgan fingerprint density at radius 1 is 1.10 bits per heavy atom. The SMILES string of the molecule is CCNC(=NCCCN(C(C)C)C(C)C)NCCc1cccc(C(=O)N(C)C)c1. The summed E-state index contributed by atoms with van der Waals surface area (Å²) in [7, 11) is 3.55. The summed E-state index contributed by atoms with van der Waals surface area (Å²) >= 11 is 0. The largest absolute Gasteiger partial charge is 0.357 e. The molecule has 0 radical (unpaired) electrons. The summed E-state index contributed by atoms with van der Waals surface area (Å²) in [4.78, 5) is 20.9. The summed E-state index contributed by atoms with van der Waals surface area (Å²) < 4.78 is 0. The predicted molar refractivity (Wildman–Crippen MR) is 124 cm³/mol. The van der Waals surface area contributed by atoms with Crippen LogP contribution in [0.3, 0.4) is 0 Å². The lowest BCUT2D eigenvalue weighted by Gasteiger charge is -2.30. The molecule has 0 aliphatic rings. The molecule has 0 saturated heterocycles. The van der Waals surface area contributed by atoms with E-state index in [1.165, 1.54) is 0 Å². The Labute approximate surface area is 177 Å². The van der Waals surface area contributed by atoms with Crippen LogP contribution in [0.2, 0.25) is 0 Å². The van der Waals surface area contributed by atoms with Crippen LogP contribution in [-0.4, -0.2) is 74.0 Å². The van der Waals surface area contributed by atoms with Gasteiger partial charge in [-0.15, -0.1) is 0 Å². The highest BCUT2D eigenvalue weighted by Crippen LogP contribution is 2.08. The summed E-state index contributed by atoms with van der Waals surface area (Å²) in [6.45, 7) is 14.5. The van der Waals surface area contributed by atoms with Crippen molar-refractivity contribution in [1.29, 1.82) is 0 Å². The fourth-order valence-corrected chi connectivity index (χ4v) is 3.34. The van der Waals surface area contributed by atoms with Gasteiger partial charge in [-0.05, 0) is 65.2 Å². The zero-order chi connectivity index (χ0) is 21.8. The lowest BCUT2D eigenvalue weighted by Crippen LogP contribution is -2.39. The van der Waals surface area contributed by atoms with Crippen LogP contribution in [0.4, 0.5) is 0 Å². The Morgan fingerprint density at radius 3 is 2.38 bits per heavy atom. The number of amides is 1. The average molecular weight is 404 g/mol. The molecule has 0 aromatic heterocycles. The van der Waals surface area contributed by atoms with Crippen molar-refractivity contribution < 1.29 is 4.79 Å². The van der Waals surface area contributed by atoms with E-state index in [1.54, 1.807) is 19.0 Å². The number of rotatable bonds is 11. The third-order valence-electron chi connectivity index (χ3n) is 4.80. The number of nitrogens with zero attached hydrogens (tertiary/aromatic N) is 3. The van der Waals surface area contributed by atoms with Crippen LogP contribution in [0.5, 0.6) is 0 Å². The van der Waals surface area contributed by atoms with Crippen molar-refractivity contribution in [2.24, 2.45) is 4.99 Å². The standard InChI is InChI=1S/C23H41N5O/c1-8-24-23(25-14-10-16-28(18(2)3)19(4)5)26-15-13-20-11-9-12-21(17-20)22(29)27(6)7/h9,11-12,17-19H,8,10,13-16H2,1-7H3,(H2,24,25,26). The highest BCUT2D eigenvalue weighted by atomic mass is 16.2. The van der Waals surface area contributed by atoms with Gasteiger partial charge in [-0.25, -0.2) is 0 Å². The van der Waals surface area contributed by atoms with Gasteiger partial charge in [-0.1, -0.05) is 12.1 Å². The summed E-state index contributed by atoms with van der Waals surface area (Å²) in [6, 6.07) is 8.95. The van der Waals surface area contributed by atoms with Gasteiger partial charge in [0.05, 0.1) is 0 Å².